The van der Waals surface area contributed by atoms with Gasteiger partial charge in [0.25, 0.3) is 5.91 Å². The van der Waals surface area contributed by atoms with Crippen molar-refractivity contribution in [2.24, 2.45) is 5.10 Å². The molecule has 2 rings (SSSR count). The van der Waals surface area contributed by atoms with Crippen molar-refractivity contribution in [3.8, 4) is 0 Å². The van der Waals surface area contributed by atoms with Crippen LogP contribution in [0.1, 0.15) is 60.6 Å². The highest BCUT2D eigenvalue weighted by atomic mass is 16.5. The number of carbonyl (C=O) groups excluding carboxylic acids is 2. The van der Waals surface area contributed by atoms with E-state index >= 15 is 0 Å². The van der Waals surface area contributed by atoms with Crippen LogP contribution >= 0.6 is 0 Å². The summed E-state index contributed by atoms with van der Waals surface area (Å²) in [6, 6.07) is 0. The van der Waals surface area contributed by atoms with Crippen molar-refractivity contribution in [1.82, 2.24) is 10.7 Å². The SMILES string of the molecule is CCCNC(=O)c1oc2c(c1C)/C(=N/NC(=O)OCC)CCC2. The number of aryl methyl sites for hydroxylation is 1. The van der Waals surface area contributed by atoms with Gasteiger partial charge in [-0.05, 0) is 33.1 Å². The summed E-state index contributed by atoms with van der Waals surface area (Å²) in [6.07, 6.45) is 2.61. The van der Waals surface area contributed by atoms with E-state index in [1.807, 2.05) is 13.8 Å². The van der Waals surface area contributed by atoms with Gasteiger partial charge < -0.3 is 14.5 Å². The smallest absolute Gasteiger partial charge is 0.427 e. The topological polar surface area (TPSA) is 92.9 Å². The molecule has 23 heavy (non-hydrogen) atoms. The molecule has 2 N–H and O–H groups in total. The molecule has 1 aromatic heterocycles. The van der Waals surface area contributed by atoms with Gasteiger partial charge in [0.1, 0.15) is 5.76 Å². The first-order valence-corrected chi connectivity index (χ1v) is 7.98. The Kier molecular flexibility index (Phi) is 5.78. The number of ether oxygens (including phenoxy) is 1. The Balaban J connectivity index is 2.24. The Morgan fingerprint density at radius 1 is 1.30 bits per heavy atom. The maximum atomic E-state index is 12.2. The van der Waals surface area contributed by atoms with Crippen molar-refractivity contribution in [2.45, 2.75) is 46.5 Å². The van der Waals surface area contributed by atoms with Crippen molar-refractivity contribution in [1.29, 1.82) is 0 Å². The van der Waals surface area contributed by atoms with Gasteiger partial charge in [0, 0.05) is 24.1 Å². The summed E-state index contributed by atoms with van der Waals surface area (Å²) in [4.78, 5) is 23.6. The first-order chi connectivity index (χ1) is 11.1. The molecule has 2 amide bonds. The number of hydrazone groups is 1. The van der Waals surface area contributed by atoms with E-state index in [-0.39, 0.29) is 12.5 Å². The van der Waals surface area contributed by atoms with E-state index in [2.05, 4.69) is 15.8 Å². The summed E-state index contributed by atoms with van der Waals surface area (Å²) < 4.78 is 10.5. The lowest BCUT2D eigenvalue weighted by Gasteiger charge is -2.13. The minimum atomic E-state index is -0.589. The molecule has 0 saturated carbocycles. The molecule has 0 spiro atoms. The molecule has 0 bridgehead atoms. The molecule has 7 heteroatoms. The van der Waals surface area contributed by atoms with Crippen LogP contribution < -0.4 is 10.7 Å². The van der Waals surface area contributed by atoms with Crippen molar-refractivity contribution in [3.63, 3.8) is 0 Å². The second-order valence-electron chi connectivity index (χ2n) is 5.35. The summed E-state index contributed by atoms with van der Waals surface area (Å²) in [7, 11) is 0. The van der Waals surface area contributed by atoms with Crippen LogP contribution in [0.5, 0.6) is 0 Å². The fourth-order valence-electron chi connectivity index (χ4n) is 2.59. The highest BCUT2D eigenvalue weighted by Gasteiger charge is 2.27. The molecule has 1 heterocycles. The summed E-state index contributed by atoms with van der Waals surface area (Å²) in [5, 5.41) is 6.96. The second kappa shape index (κ2) is 7.80. The first kappa shape index (κ1) is 17.1. The van der Waals surface area contributed by atoms with Gasteiger partial charge in [0.15, 0.2) is 5.76 Å². The molecule has 0 aliphatic heterocycles. The number of hydrogen-bond donors (Lipinski definition) is 2. The molecule has 1 aliphatic carbocycles. The molecule has 7 nitrogen and oxygen atoms in total. The van der Waals surface area contributed by atoms with Crippen LogP contribution in [0.4, 0.5) is 4.79 Å². The highest BCUT2D eigenvalue weighted by Crippen LogP contribution is 2.29. The summed E-state index contributed by atoms with van der Waals surface area (Å²) in [5.41, 5.74) is 4.69. The van der Waals surface area contributed by atoms with Crippen molar-refractivity contribution in [3.05, 3.63) is 22.6 Å². The van der Waals surface area contributed by atoms with Crippen molar-refractivity contribution < 1.29 is 18.7 Å². The summed E-state index contributed by atoms with van der Waals surface area (Å²) in [6.45, 7) is 6.46. The molecule has 1 aromatic rings. The van der Waals surface area contributed by atoms with Gasteiger partial charge in [-0.3, -0.25) is 4.79 Å². The third-order valence-electron chi connectivity index (χ3n) is 3.63. The van der Waals surface area contributed by atoms with E-state index in [4.69, 9.17) is 9.15 Å². The molecular weight excluding hydrogens is 298 g/mol. The fourth-order valence-corrected chi connectivity index (χ4v) is 2.59. The van der Waals surface area contributed by atoms with E-state index in [9.17, 15) is 9.59 Å². The second-order valence-corrected chi connectivity index (χ2v) is 5.35. The van der Waals surface area contributed by atoms with Crippen LogP contribution in [0, 0.1) is 6.92 Å². The lowest BCUT2D eigenvalue weighted by atomic mass is 9.93. The first-order valence-electron chi connectivity index (χ1n) is 7.98. The van der Waals surface area contributed by atoms with Gasteiger partial charge in [-0.25, -0.2) is 10.2 Å². The maximum absolute atomic E-state index is 12.2. The molecule has 0 radical (unpaired) electrons. The Morgan fingerprint density at radius 2 is 2.09 bits per heavy atom. The number of rotatable bonds is 5. The van der Waals surface area contributed by atoms with Gasteiger partial charge in [-0.2, -0.15) is 5.10 Å². The van der Waals surface area contributed by atoms with Gasteiger partial charge in [0.05, 0.1) is 12.3 Å². The lowest BCUT2D eigenvalue weighted by molar-refractivity contribution is 0.0923. The van der Waals surface area contributed by atoms with Gasteiger partial charge in [-0.1, -0.05) is 6.92 Å². The van der Waals surface area contributed by atoms with Crippen molar-refractivity contribution >= 4 is 17.7 Å². The molecule has 1 aliphatic rings. The number of furan rings is 1. The number of hydrogen-bond acceptors (Lipinski definition) is 5. The lowest BCUT2D eigenvalue weighted by Crippen LogP contribution is -2.24. The zero-order chi connectivity index (χ0) is 16.8. The van der Waals surface area contributed by atoms with E-state index in [0.29, 0.717) is 12.3 Å². The fraction of sp³-hybridized carbons (Fsp3) is 0.562. The number of fused-ring (bicyclic) bond motifs is 1. The van der Waals surface area contributed by atoms with Crippen LogP contribution in [-0.2, 0) is 11.2 Å². The predicted octanol–water partition coefficient (Wildman–Crippen LogP) is 2.51. The van der Waals surface area contributed by atoms with Crippen LogP contribution in [0.25, 0.3) is 0 Å². The number of amides is 2. The Bertz CT molecular complexity index is 619. The summed E-state index contributed by atoms with van der Waals surface area (Å²) >= 11 is 0. The monoisotopic (exact) mass is 321 g/mol. The molecule has 0 unspecified atom stereocenters. The zero-order valence-corrected chi connectivity index (χ0v) is 13.8. The third kappa shape index (κ3) is 3.91. The highest BCUT2D eigenvalue weighted by molar-refractivity contribution is 6.06. The number of carbonyl (C=O) groups is 2. The average molecular weight is 321 g/mol. The molecule has 0 saturated heterocycles. The zero-order valence-electron chi connectivity index (χ0n) is 13.8. The number of nitrogens with zero attached hydrogens (tertiary/aromatic N) is 1. The van der Waals surface area contributed by atoms with Crippen LogP contribution in [0.15, 0.2) is 9.52 Å². The summed E-state index contributed by atoms with van der Waals surface area (Å²) in [5.74, 6) is 0.866. The van der Waals surface area contributed by atoms with Crippen LogP contribution in [0.3, 0.4) is 0 Å². The third-order valence-corrected chi connectivity index (χ3v) is 3.63. The van der Waals surface area contributed by atoms with Gasteiger partial charge >= 0.3 is 6.09 Å². The van der Waals surface area contributed by atoms with Crippen LogP contribution in [0.2, 0.25) is 0 Å². The van der Waals surface area contributed by atoms with Gasteiger partial charge in [0.2, 0.25) is 0 Å². The largest absolute Gasteiger partial charge is 0.455 e. The molecule has 0 fully saturated rings. The average Bonchev–Trinajstić information content (AvgIpc) is 2.88. The predicted molar refractivity (Wildman–Crippen MR) is 85.7 cm³/mol. The quantitative estimate of drug-likeness (QED) is 0.815. The Hall–Kier alpha value is -2.31. The van der Waals surface area contributed by atoms with Gasteiger partial charge in [-0.15, -0.1) is 0 Å². The minimum Gasteiger partial charge on any atom is -0.455 e. The molecule has 0 aromatic carbocycles. The van der Waals surface area contributed by atoms with E-state index in [0.717, 1.165) is 48.3 Å². The molecular formula is C16H23N3O4. The minimum absolute atomic E-state index is 0.212. The normalized spacial score (nSPS) is 15.2. The van der Waals surface area contributed by atoms with E-state index in [1.165, 1.54) is 0 Å². The van der Waals surface area contributed by atoms with E-state index < -0.39 is 6.09 Å². The Morgan fingerprint density at radius 3 is 2.78 bits per heavy atom. The van der Waals surface area contributed by atoms with Crippen LogP contribution in [-0.4, -0.2) is 30.9 Å². The number of nitrogens with one attached hydrogen (secondary N) is 2. The maximum Gasteiger partial charge on any atom is 0.427 e. The van der Waals surface area contributed by atoms with Crippen molar-refractivity contribution in [2.75, 3.05) is 13.2 Å². The molecule has 126 valence electrons. The standard InChI is InChI=1S/C16H23N3O4/c1-4-9-17-15(20)14-10(3)13-11(7-6-8-12(13)23-14)18-19-16(21)22-5-2/h4-9H2,1-3H3,(H,17,20)(H,19,21)/b18-11+. The Labute approximate surface area is 135 Å². The van der Waals surface area contributed by atoms with E-state index in [1.54, 1.807) is 6.92 Å². The molecule has 0 atom stereocenters.